The molecule has 1 aliphatic heterocycles. The molecule has 3 aromatic rings. The van der Waals surface area contributed by atoms with Gasteiger partial charge in [-0.2, -0.15) is 5.26 Å². The Bertz CT molecular complexity index is 1220. The summed E-state index contributed by atoms with van der Waals surface area (Å²) in [6.07, 6.45) is -6.31. The largest absolute Gasteiger partial charge is 0.459 e. The fourth-order valence-corrected chi connectivity index (χ4v) is 3.38. The van der Waals surface area contributed by atoms with Gasteiger partial charge in [0.1, 0.15) is 12.7 Å². The molecule has 0 saturated carbocycles. The number of carbonyl (C=O) groups is 3. The van der Waals surface area contributed by atoms with Crippen LogP contribution in [0.5, 0.6) is 0 Å². The standard InChI is InChI=1S/C26H21FO7.C2H3N/c27-21-22(33-24(29)18-12-6-2-7-13-18)20(16-31-23(28)17-10-4-1-5-11-17)32-26(21)34-25(30)19-14-8-3-9-15-19;1-2-3/h1-15,20-22,26H,16H2;1H3. The van der Waals surface area contributed by atoms with Gasteiger partial charge in [-0.25, -0.2) is 18.8 Å². The van der Waals surface area contributed by atoms with Crippen molar-refractivity contribution in [2.45, 2.75) is 31.6 Å². The summed E-state index contributed by atoms with van der Waals surface area (Å²) in [6, 6.07) is 26.0. The minimum atomic E-state index is -2.00. The molecule has 0 radical (unpaired) electrons. The van der Waals surface area contributed by atoms with E-state index in [0.29, 0.717) is 5.56 Å². The van der Waals surface area contributed by atoms with Gasteiger partial charge in [0.05, 0.1) is 22.8 Å². The van der Waals surface area contributed by atoms with Crippen molar-refractivity contribution in [1.29, 1.82) is 5.26 Å². The number of alkyl halides is 1. The van der Waals surface area contributed by atoms with E-state index in [0.717, 1.165) is 0 Å². The average Bonchev–Trinajstić information content (AvgIpc) is 3.22. The molecule has 190 valence electrons. The molecule has 0 amide bonds. The second-order valence-corrected chi connectivity index (χ2v) is 7.68. The van der Waals surface area contributed by atoms with Crippen LogP contribution >= 0.6 is 0 Å². The number of nitrogens with zero attached hydrogens (tertiary/aromatic N) is 1. The lowest BCUT2D eigenvalue weighted by Gasteiger charge is -2.19. The maximum atomic E-state index is 15.3. The van der Waals surface area contributed by atoms with Gasteiger partial charge in [0, 0.05) is 6.92 Å². The van der Waals surface area contributed by atoms with Crippen LogP contribution in [0.15, 0.2) is 91.0 Å². The van der Waals surface area contributed by atoms with E-state index in [1.807, 2.05) is 0 Å². The first kappa shape index (κ1) is 27.0. The molecule has 1 saturated heterocycles. The van der Waals surface area contributed by atoms with Crippen LogP contribution in [0.4, 0.5) is 4.39 Å². The van der Waals surface area contributed by atoms with E-state index < -0.39 is 49.2 Å². The molecular formula is C28H24FNO7. The van der Waals surface area contributed by atoms with E-state index in [2.05, 4.69) is 0 Å². The van der Waals surface area contributed by atoms with E-state index in [1.54, 1.807) is 72.8 Å². The van der Waals surface area contributed by atoms with Gasteiger partial charge in [-0.3, -0.25) is 0 Å². The van der Waals surface area contributed by atoms with Crippen molar-refractivity contribution < 1.29 is 37.7 Å². The second kappa shape index (κ2) is 13.5. The van der Waals surface area contributed by atoms with Gasteiger partial charge in [-0.15, -0.1) is 0 Å². The Morgan fingerprint density at radius 1 is 0.784 bits per heavy atom. The predicted molar refractivity (Wildman–Crippen MR) is 129 cm³/mol. The first-order valence-electron chi connectivity index (χ1n) is 11.3. The minimum absolute atomic E-state index is 0.204. The Labute approximate surface area is 213 Å². The van der Waals surface area contributed by atoms with E-state index in [4.69, 9.17) is 24.2 Å². The molecule has 0 bridgehead atoms. The summed E-state index contributed by atoms with van der Waals surface area (Å²) in [5, 5.41) is 7.32. The van der Waals surface area contributed by atoms with E-state index in [1.165, 1.54) is 31.2 Å². The maximum Gasteiger partial charge on any atom is 0.340 e. The molecule has 4 atom stereocenters. The van der Waals surface area contributed by atoms with Crippen LogP contribution in [0.1, 0.15) is 38.0 Å². The van der Waals surface area contributed by atoms with Crippen molar-refractivity contribution in [3.63, 3.8) is 0 Å². The molecule has 0 aromatic heterocycles. The summed E-state index contributed by atoms with van der Waals surface area (Å²) < 4.78 is 36.6. The number of ether oxygens (including phenoxy) is 4. The first-order chi connectivity index (χ1) is 17.9. The number of halogens is 1. The summed E-state index contributed by atoms with van der Waals surface area (Å²) in [5.74, 6) is -2.24. The third-order valence-electron chi connectivity index (χ3n) is 5.12. The molecule has 0 spiro atoms. The van der Waals surface area contributed by atoms with Gasteiger partial charge in [0.2, 0.25) is 12.5 Å². The van der Waals surface area contributed by atoms with E-state index >= 15 is 4.39 Å². The summed E-state index contributed by atoms with van der Waals surface area (Å²) in [6.45, 7) is 1.01. The SMILES string of the molecule is CC#N.O=C(OCC1OC(OC(=O)c2ccccc2)C(F)C1OC(=O)c1ccccc1)c1ccccc1. The third kappa shape index (κ3) is 7.46. The highest BCUT2D eigenvalue weighted by atomic mass is 19.1. The molecule has 1 fully saturated rings. The number of benzene rings is 3. The number of esters is 3. The zero-order valence-electron chi connectivity index (χ0n) is 19.9. The molecule has 0 aliphatic carbocycles. The topological polar surface area (TPSA) is 112 Å². The molecular weight excluding hydrogens is 481 g/mol. The van der Waals surface area contributed by atoms with E-state index in [-0.39, 0.29) is 11.1 Å². The number of hydrogen-bond donors (Lipinski definition) is 0. The van der Waals surface area contributed by atoms with Gasteiger partial charge < -0.3 is 18.9 Å². The molecule has 0 N–H and O–H groups in total. The fraction of sp³-hybridized carbons (Fsp3) is 0.214. The zero-order valence-corrected chi connectivity index (χ0v) is 19.9. The smallest absolute Gasteiger partial charge is 0.340 e. The highest BCUT2D eigenvalue weighted by Gasteiger charge is 2.50. The lowest BCUT2D eigenvalue weighted by molar-refractivity contribution is -0.129. The zero-order chi connectivity index (χ0) is 26.6. The van der Waals surface area contributed by atoms with E-state index in [9.17, 15) is 14.4 Å². The van der Waals surface area contributed by atoms with Gasteiger partial charge in [-0.1, -0.05) is 54.6 Å². The maximum absolute atomic E-state index is 15.3. The van der Waals surface area contributed by atoms with Crippen molar-refractivity contribution in [1.82, 2.24) is 0 Å². The predicted octanol–water partition coefficient (Wildman–Crippen LogP) is 4.52. The Kier molecular flexibility index (Phi) is 9.88. The van der Waals surface area contributed by atoms with Gasteiger partial charge in [0.25, 0.3) is 0 Å². The first-order valence-corrected chi connectivity index (χ1v) is 11.3. The Hall–Kier alpha value is -4.55. The Morgan fingerprint density at radius 2 is 1.19 bits per heavy atom. The van der Waals surface area contributed by atoms with Gasteiger partial charge >= 0.3 is 17.9 Å². The second-order valence-electron chi connectivity index (χ2n) is 7.68. The van der Waals surface area contributed by atoms with Crippen LogP contribution in [0.2, 0.25) is 0 Å². The van der Waals surface area contributed by atoms with Crippen LogP contribution in [0, 0.1) is 11.3 Å². The van der Waals surface area contributed by atoms with Crippen molar-refractivity contribution in [2.24, 2.45) is 0 Å². The highest BCUT2D eigenvalue weighted by molar-refractivity contribution is 5.90. The number of hydrogen-bond acceptors (Lipinski definition) is 8. The fourth-order valence-electron chi connectivity index (χ4n) is 3.38. The molecule has 3 aromatic carbocycles. The van der Waals surface area contributed by atoms with Crippen LogP contribution in [-0.2, 0) is 18.9 Å². The number of carbonyl (C=O) groups excluding carboxylic acids is 3. The van der Waals surface area contributed by atoms with Gasteiger partial charge in [-0.05, 0) is 36.4 Å². The molecule has 1 aliphatic rings. The quantitative estimate of drug-likeness (QED) is 0.340. The molecule has 1 heterocycles. The highest BCUT2D eigenvalue weighted by Crippen LogP contribution is 2.29. The molecule has 37 heavy (non-hydrogen) atoms. The summed E-state index contributed by atoms with van der Waals surface area (Å²) in [5.41, 5.74) is 0.705. The van der Waals surface area contributed by atoms with Crippen LogP contribution in [-0.4, -0.2) is 49.2 Å². The summed E-state index contributed by atoms with van der Waals surface area (Å²) in [4.78, 5) is 37.2. The monoisotopic (exact) mass is 505 g/mol. The van der Waals surface area contributed by atoms with Crippen molar-refractivity contribution in [3.8, 4) is 6.07 Å². The van der Waals surface area contributed by atoms with Crippen LogP contribution in [0.25, 0.3) is 0 Å². The number of nitriles is 1. The summed E-state index contributed by atoms with van der Waals surface area (Å²) in [7, 11) is 0. The number of rotatable bonds is 7. The lowest BCUT2D eigenvalue weighted by Crippen LogP contribution is -2.37. The Balaban J connectivity index is 0.00000121. The normalized spacial score (nSPS) is 19.9. The van der Waals surface area contributed by atoms with Crippen LogP contribution in [0.3, 0.4) is 0 Å². The molecule has 9 heteroatoms. The minimum Gasteiger partial charge on any atom is -0.459 e. The molecule has 4 unspecified atom stereocenters. The Morgan fingerprint density at radius 3 is 1.65 bits per heavy atom. The summed E-state index contributed by atoms with van der Waals surface area (Å²) >= 11 is 0. The van der Waals surface area contributed by atoms with Crippen LogP contribution < -0.4 is 0 Å². The molecule has 8 nitrogen and oxygen atoms in total. The lowest BCUT2D eigenvalue weighted by atomic mass is 10.1. The third-order valence-corrected chi connectivity index (χ3v) is 5.12. The average molecular weight is 505 g/mol. The van der Waals surface area contributed by atoms with Gasteiger partial charge in [0.15, 0.2) is 6.10 Å². The van der Waals surface area contributed by atoms with Crippen molar-refractivity contribution >= 4 is 17.9 Å². The van der Waals surface area contributed by atoms with Crippen molar-refractivity contribution in [2.75, 3.05) is 6.61 Å². The molecule has 4 rings (SSSR count). The van der Waals surface area contributed by atoms with Crippen molar-refractivity contribution in [3.05, 3.63) is 108 Å².